The van der Waals surface area contributed by atoms with Gasteiger partial charge in [-0.05, 0) is 79.1 Å². The third kappa shape index (κ3) is 10.1. The quantitative estimate of drug-likeness (QED) is 0.235. The largest absolute Gasteiger partial charge is 0.459 e. The summed E-state index contributed by atoms with van der Waals surface area (Å²) in [5.74, 6) is -4.58. The van der Waals surface area contributed by atoms with Gasteiger partial charge in [0.15, 0.2) is 12.1 Å². The smallest absolute Gasteiger partial charge is 0.316 e. The van der Waals surface area contributed by atoms with Crippen LogP contribution in [0.3, 0.4) is 0 Å². The van der Waals surface area contributed by atoms with Crippen molar-refractivity contribution in [3.63, 3.8) is 0 Å². The van der Waals surface area contributed by atoms with Crippen LogP contribution in [0.5, 0.6) is 0 Å². The minimum Gasteiger partial charge on any atom is -0.459 e. The summed E-state index contributed by atoms with van der Waals surface area (Å²) < 4.78 is 33.7. The van der Waals surface area contributed by atoms with E-state index in [4.69, 9.17) is 28.5 Å². The van der Waals surface area contributed by atoms with E-state index in [2.05, 4.69) is 20.5 Å². The van der Waals surface area contributed by atoms with Gasteiger partial charge in [-0.1, -0.05) is 43.3 Å². The Hall–Kier alpha value is -3.71. The average Bonchev–Trinajstić information content (AvgIpc) is 3.56. The van der Waals surface area contributed by atoms with Crippen molar-refractivity contribution in [3.8, 4) is 0 Å². The van der Waals surface area contributed by atoms with E-state index in [0.29, 0.717) is 17.6 Å². The number of hydrogen-bond acceptors (Lipinski definition) is 15. The number of para-hydroxylation sites is 1. The minimum atomic E-state index is -1.83. The zero-order chi connectivity index (χ0) is 41.8. The van der Waals surface area contributed by atoms with E-state index >= 15 is 0 Å². The lowest BCUT2D eigenvalue weighted by molar-refractivity contribution is -0.296. The zero-order valence-corrected chi connectivity index (χ0v) is 34.8. The molecule has 3 aliphatic rings. The van der Waals surface area contributed by atoms with Gasteiger partial charge in [-0.25, -0.2) is 9.67 Å². The number of hydrogen-bond donors (Lipinski definition) is 2. The molecule has 3 fully saturated rings. The van der Waals surface area contributed by atoms with Gasteiger partial charge in [0.1, 0.15) is 35.0 Å². The van der Waals surface area contributed by atoms with Crippen molar-refractivity contribution in [2.24, 2.45) is 27.9 Å². The van der Waals surface area contributed by atoms with E-state index in [1.807, 2.05) is 57.1 Å². The van der Waals surface area contributed by atoms with E-state index in [1.165, 1.54) is 20.8 Å². The standard InChI is InChI=1S/C40H60N6O11/c1-11-32-40(8,51)33-17-29(41-26(6)47)22(2)18-39(7,53-20-27(19-52-33)43-54-21-46-30-15-13-12-14-28(30)42-44-46)36(24(4)34(48)25(5)37(50)56-32)57-38-35(49)31(45(9)10)16-23(3)55-38/h12-15,22-25,31-33,35-36,38,49,51H,11,16-21H2,1-10H3/b41-29?,43-27-/t22-,23-,24+,25-,31+,32-,33-,35-,36-,38+,39-,40-/m1/s1. The molecule has 1 amide bonds. The zero-order valence-electron chi connectivity index (χ0n) is 34.8. The Morgan fingerprint density at radius 1 is 1.12 bits per heavy atom. The number of aliphatic hydroxyl groups excluding tert-OH is 1. The molecule has 0 radical (unpaired) electrons. The van der Waals surface area contributed by atoms with Gasteiger partial charge in [0.2, 0.25) is 12.6 Å². The average molecular weight is 801 g/mol. The molecule has 1 aromatic heterocycles. The van der Waals surface area contributed by atoms with Gasteiger partial charge in [0, 0.05) is 31.0 Å². The lowest BCUT2D eigenvalue weighted by atomic mass is 9.76. The molecule has 12 atom stereocenters. The number of amides is 1. The van der Waals surface area contributed by atoms with Crippen LogP contribution in [0.1, 0.15) is 81.1 Å². The minimum absolute atomic E-state index is 0.0288. The van der Waals surface area contributed by atoms with Gasteiger partial charge in [0.05, 0.1) is 42.6 Å². The maximum atomic E-state index is 14.4. The van der Waals surface area contributed by atoms with E-state index in [-0.39, 0.29) is 57.1 Å². The number of likely N-dealkylation sites (N-methyl/N-ethyl adjacent to an activating group) is 1. The number of aliphatic hydroxyl groups is 2. The first-order chi connectivity index (χ1) is 26.9. The molecule has 0 aliphatic carbocycles. The summed E-state index contributed by atoms with van der Waals surface area (Å²) in [5, 5.41) is 36.6. The molecule has 0 spiro atoms. The van der Waals surface area contributed by atoms with Crippen molar-refractivity contribution in [1.82, 2.24) is 19.9 Å². The molecule has 17 heteroatoms. The molecule has 3 aliphatic heterocycles. The second-order valence-corrected chi connectivity index (χ2v) is 16.4. The summed E-state index contributed by atoms with van der Waals surface area (Å²) in [4.78, 5) is 53.0. The highest BCUT2D eigenvalue weighted by Gasteiger charge is 2.51. The number of ether oxygens (including phenoxy) is 5. The van der Waals surface area contributed by atoms with Gasteiger partial charge in [-0.15, -0.1) is 5.10 Å². The lowest BCUT2D eigenvalue weighted by Crippen LogP contribution is -2.59. The van der Waals surface area contributed by atoms with Gasteiger partial charge in [-0.3, -0.25) is 14.4 Å². The Labute approximate surface area is 334 Å². The summed E-state index contributed by atoms with van der Waals surface area (Å²) in [6.07, 6.45) is -5.10. The molecule has 316 valence electrons. The van der Waals surface area contributed by atoms with Crippen LogP contribution in [0.4, 0.5) is 0 Å². The van der Waals surface area contributed by atoms with Crippen molar-refractivity contribution >= 4 is 40.1 Å². The van der Waals surface area contributed by atoms with Crippen LogP contribution in [0.2, 0.25) is 0 Å². The summed E-state index contributed by atoms with van der Waals surface area (Å²) >= 11 is 0. The Kier molecular flexibility index (Phi) is 14.4. The fourth-order valence-corrected chi connectivity index (χ4v) is 8.21. The van der Waals surface area contributed by atoms with Crippen LogP contribution >= 0.6 is 0 Å². The SMILES string of the molecule is CC[C@H]1OC(=O)[C@H](C)C(=O)[C@H](C)[C@@H](O[C@@H]2O[C@H](C)C[C@H](N(C)C)[C@H]2O)[C@@]2(C)C[C@@H](C)C(=NC(C)=O)C[C@@H](OC/C(=N/OCn3nnc4ccccc43)CO2)[C@]1(C)O. The van der Waals surface area contributed by atoms with E-state index < -0.39 is 77.3 Å². The number of ketones is 1. The molecular weight excluding hydrogens is 740 g/mol. The maximum absolute atomic E-state index is 14.4. The van der Waals surface area contributed by atoms with Crippen LogP contribution in [-0.2, 0) is 49.6 Å². The molecule has 2 bridgehead atoms. The number of rotatable bonds is 7. The van der Waals surface area contributed by atoms with E-state index in [0.717, 1.165) is 5.52 Å². The molecular formula is C40H60N6O11. The van der Waals surface area contributed by atoms with Crippen molar-refractivity contribution in [1.29, 1.82) is 0 Å². The number of aliphatic imine (C=N–C) groups is 1. The van der Waals surface area contributed by atoms with Crippen molar-refractivity contribution < 1.29 is 53.1 Å². The first-order valence-corrected chi connectivity index (χ1v) is 19.8. The number of cyclic esters (lactones) is 1. The van der Waals surface area contributed by atoms with E-state index in [1.54, 1.807) is 25.5 Å². The molecule has 1 aromatic carbocycles. The highest BCUT2D eigenvalue weighted by atomic mass is 16.7. The first-order valence-electron chi connectivity index (χ1n) is 19.8. The Bertz CT molecular complexity index is 1800. The number of oxime groups is 1. The third-order valence-corrected chi connectivity index (χ3v) is 11.6. The van der Waals surface area contributed by atoms with Crippen LogP contribution in [-0.4, -0.2) is 141 Å². The topological polar surface area (TPSA) is 206 Å². The molecule has 4 heterocycles. The highest BCUT2D eigenvalue weighted by molar-refractivity contribution is 6.00. The maximum Gasteiger partial charge on any atom is 0.316 e. The number of carbonyl (C=O) groups excluding carboxylic acids is 3. The highest BCUT2D eigenvalue weighted by Crippen LogP contribution is 2.39. The molecule has 0 saturated carbocycles. The predicted molar refractivity (Wildman–Crippen MR) is 208 cm³/mol. The van der Waals surface area contributed by atoms with Gasteiger partial charge >= 0.3 is 5.97 Å². The number of carbonyl (C=O) groups is 3. The Morgan fingerprint density at radius 2 is 1.84 bits per heavy atom. The summed E-state index contributed by atoms with van der Waals surface area (Å²) in [6, 6.07) is 7.08. The molecule has 5 rings (SSSR count). The van der Waals surface area contributed by atoms with Gasteiger partial charge in [0.25, 0.3) is 0 Å². The Morgan fingerprint density at radius 3 is 2.53 bits per heavy atom. The third-order valence-electron chi connectivity index (χ3n) is 11.6. The predicted octanol–water partition coefficient (Wildman–Crippen LogP) is 3.08. The first kappa shape index (κ1) is 44.4. The van der Waals surface area contributed by atoms with Crippen LogP contribution in [0.25, 0.3) is 11.0 Å². The molecule has 2 N–H and O–H groups in total. The summed E-state index contributed by atoms with van der Waals surface area (Å²) in [7, 11) is 3.72. The lowest BCUT2D eigenvalue weighted by Gasteiger charge is -2.47. The molecule has 3 saturated heterocycles. The second-order valence-electron chi connectivity index (χ2n) is 16.4. The Balaban J connectivity index is 1.64. The second kappa shape index (κ2) is 18.5. The van der Waals surface area contributed by atoms with Crippen LogP contribution in [0, 0.1) is 17.8 Å². The number of benzene rings is 1. The van der Waals surface area contributed by atoms with Gasteiger partial charge in [-0.2, -0.15) is 0 Å². The number of nitrogens with zero attached hydrogens (tertiary/aromatic N) is 6. The number of Topliss-reactive ketones (excluding diaryl/α,β-unsaturated/α-hetero) is 1. The number of fused-ring (bicyclic) bond motifs is 6. The number of esters is 1. The summed E-state index contributed by atoms with van der Waals surface area (Å²) in [5.41, 5.74) is -1.14. The van der Waals surface area contributed by atoms with Crippen LogP contribution in [0.15, 0.2) is 34.4 Å². The molecule has 2 aromatic rings. The van der Waals surface area contributed by atoms with Crippen LogP contribution < -0.4 is 0 Å². The molecule has 17 nitrogen and oxygen atoms in total. The monoisotopic (exact) mass is 800 g/mol. The van der Waals surface area contributed by atoms with Crippen molar-refractivity contribution in [3.05, 3.63) is 24.3 Å². The fourth-order valence-electron chi connectivity index (χ4n) is 8.21. The fraction of sp³-hybridized carbons (Fsp3) is 0.725. The molecule has 0 unspecified atom stereocenters. The van der Waals surface area contributed by atoms with Crippen molar-refractivity contribution in [2.75, 3.05) is 27.3 Å². The number of aromatic nitrogens is 3. The normalized spacial score (nSPS) is 37.8. The van der Waals surface area contributed by atoms with Crippen molar-refractivity contribution in [2.45, 2.75) is 142 Å². The van der Waals surface area contributed by atoms with Gasteiger partial charge < -0.3 is 43.6 Å². The molecule has 57 heavy (non-hydrogen) atoms. The summed E-state index contributed by atoms with van der Waals surface area (Å²) in [6.45, 7) is 12.7. The van der Waals surface area contributed by atoms with E-state index in [9.17, 15) is 24.6 Å².